The molecule has 0 aromatic heterocycles. The molecule has 4 nitrogen and oxygen atoms in total. The van der Waals surface area contributed by atoms with Gasteiger partial charge < -0.3 is 4.74 Å². The Morgan fingerprint density at radius 1 is 0.958 bits per heavy atom. The number of hydrogen-bond donors (Lipinski definition) is 1. The van der Waals surface area contributed by atoms with E-state index in [1.54, 1.807) is 0 Å². The first-order valence-corrected chi connectivity index (χ1v) is 7.72. The van der Waals surface area contributed by atoms with Gasteiger partial charge in [0.15, 0.2) is 6.61 Å². The molecule has 0 saturated carbocycles. The summed E-state index contributed by atoms with van der Waals surface area (Å²) in [6.07, 6.45) is 0. The zero-order valence-corrected chi connectivity index (χ0v) is 13.4. The predicted octanol–water partition coefficient (Wildman–Crippen LogP) is 3.76. The third-order valence-electron chi connectivity index (χ3n) is 3.63. The maximum Gasteiger partial charge on any atom is 0.277 e. The Labute approximate surface area is 140 Å². The molecule has 0 unspecified atom stereocenters. The molecule has 0 heterocycles. The third kappa shape index (κ3) is 3.98. The highest BCUT2D eigenvalue weighted by Crippen LogP contribution is 2.20. The van der Waals surface area contributed by atoms with Crippen LogP contribution in [0.15, 0.2) is 77.9 Å². The van der Waals surface area contributed by atoms with Gasteiger partial charge in [-0.3, -0.25) is 4.79 Å². The van der Waals surface area contributed by atoms with Crippen molar-refractivity contribution in [2.45, 2.75) is 6.92 Å². The van der Waals surface area contributed by atoms with Crippen molar-refractivity contribution >= 4 is 22.4 Å². The molecule has 4 heteroatoms. The zero-order chi connectivity index (χ0) is 16.8. The van der Waals surface area contributed by atoms with Crippen molar-refractivity contribution in [1.29, 1.82) is 0 Å². The first kappa shape index (κ1) is 15.7. The van der Waals surface area contributed by atoms with Crippen LogP contribution in [-0.4, -0.2) is 18.2 Å². The summed E-state index contributed by atoms with van der Waals surface area (Å²) in [5.41, 5.74) is 4.22. The maximum atomic E-state index is 11.9. The van der Waals surface area contributed by atoms with Crippen LogP contribution in [0.5, 0.6) is 5.75 Å². The molecule has 0 fully saturated rings. The Balaban J connectivity index is 1.57. The molecule has 24 heavy (non-hydrogen) atoms. The fourth-order valence-electron chi connectivity index (χ4n) is 2.33. The number of benzene rings is 3. The lowest BCUT2D eigenvalue weighted by Gasteiger charge is -2.07. The van der Waals surface area contributed by atoms with Gasteiger partial charge in [0.2, 0.25) is 0 Å². The second kappa shape index (κ2) is 7.42. The van der Waals surface area contributed by atoms with E-state index in [9.17, 15) is 4.79 Å². The summed E-state index contributed by atoms with van der Waals surface area (Å²) in [6.45, 7) is 1.77. The number of hydrazone groups is 1. The number of hydrogen-bond acceptors (Lipinski definition) is 3. The van der Waals surface area contributed by atoms with Crippen LogP contribution >= 0.6 is 0 Å². The van der Waals surface area contributed by atoms with E-state index < -0.39 is 0 Å². The van der Waals surface area contributed by atoms with Gasteiger partial charge in [0, 0.05) is 0 Å². The van der Waals surface area contributed by atoms with E-state index in [2.05, 4.69) is 10.5 Å². The van der Waals surface area contributed by atoms with Gasteiger partial charge in [-0.1, -0.05) is 60.7 Å². The summed E-state index contributed by atoms with van der Waals surface area (Å²) in [7, 11) is 0. The van der Waals surface area contributed by atoms with E-state index in [0.717, 1.165) is 22.0 Å². The van der Waals surface area contributed by atoms with E-state index in [4.69, 9.17) is 4.74 Å². The van der Waals surface area contributed by atoms with Gasteiger partial charge in [0.1, 0.15) is 5.75 Å². The van der Waals surface area contributed by atoms with E-state index in [0.29, 0.717) is 5.75 Å². The molecule has 0 atom stereocenters. The van der Waals surface area contributed by atoms with Crippen molar-refractivity contribution in [3.05, 3.63) is 78.4 Å². The summed E-state index contributed by atoms with van der Waals surface area (Å²) < 4.78 is 5.53. The van der Waals surface area contributed by atoms with Crippen LogP contribution in [-0.2, 0) is 4.79 Å². The average molecular weight is 318 g/mol. The third-order valence-corrected chi connectivity index (χ3v) is 3.63. The predicted molar refractivity (Wildman–Crippen MR) is 96.2 cm³/mol. The highest BCUT2D eigenvalue weighted by atomic mass is 16.5. The molecule has 0 saturated heterocycles. The molecule has 1 N–H and O–H groups in total. The summed E-state index contributed by atoms with van der Waals surface area (Å²) >= 11 is 0. The van der Waals surface area contributed by atoms with Crippen molar-refractivity contribution in [2.75, 3.05) is 6.61 Å². The van der Waals surface area contributed by atoms with Crippen LogP contribution in [0.3, 0.4) is 0 Å². The van der Waals surface area contributed by atoms with Gasteiger partial charge in [-0.2, -0.15) is 5.10 Å². The van der Waals surface area contributed by atoms with Crippen LogP contribution in [0, 0.1) is 0 Å². The highest BCUT2D eigenvalue weighted by Gasteiger charge is 2.03. The van der Waals surface area contributed by atoms with Crippen LogP contribution in [0.2, 0.25) is 0 Å². The molecule has 3 aromatic carbocycles. The van der Waals surface area contributed by atoms with Gasteiger partial charge in [0.05, 0.1) is 5.71 Å². The van der Waals surface area contributed by atoms with Crippen molar-refractivity contribution in [3.63, 3.8) is 0 Å². The van der Waals surface area contributed by atoms with Crippen molar-refractivity contribution in [1.82, 2.24) is 5.43 Å². The Morgan fingerprint density at radius 3 is 2.46 bits per heavy atom. The Morgan fingerprint density at radius 2 is 1.67 bits per heavy atom. The van der Waals surface area contributed by atoms with Gasteiger partial charge in [0.25, 0.3) is 5.91 Å². The SMILES string of the molecule is C/C(=N\NC(=O)COc1ccc2ccccc2c1)c1ccccc1. The van der Waals surface area contributed by atoms with E-state index in [1.807, 2.05) is 79.7 Å². The van der Waals surface area contributed by atoms with Gasteiger partial charge in [-0.15, -0.1) is 0 Å². The summed E-state index contributed by atoms with van der Waals surface area (Å²) in [5.74, 6) is 0.367. The highest BCUT2D eigenvalue weighted by molar-refractivity contribution is 5.99. The molecule has 0 radical (unpaired) electrons. The Kier molecular flexibility index (Phi) is 4.87. The molecule has 1 amide bonds. The average Bonchev–Trinajstić information content (AvgIpc) is 2.65. The number of nitrogens with one attached hydrogen (secondary N) is 1. The van der Waals surface area contributed by atoms with Crippen LogP contribution < -0.4 is 10.2 Å². The fourth-order valence-corrected chi connectivity index (χ4v) is 2.33. The normalized spacial score (nSPS) is 11.3. The van der Waals surface area contributed by atoms with Crippen molar-refractivity contribution in [2.24, 2.45) is 5.10 Å². The second-order valence-corrected chi connectivity index (χ2v) is 5.40. The Hall–Kier alpha value is -3.14. The van der Waals surface area contributed by atoms with Gasteiger partial charge >= 0.3 is 0 Å². The number of amides is 1. The maximum absolute atomic E-state index is 11.9. The molecule has 0 aliphatic rings. The number of rotatable bonds is 5. The minimum absolute atomic E-state index is 0.0795. The standard InChI is InChI=1S/C20H18N2O2/c1-15(16-7-3-2-4-8-16)21-22-20(23)14-24-19-12-11-17-9-5-6-10-18(17)13-19/h2-13H,14H2,1H3,(H,22,23)/b21-15+. The van der Waals surface area contributed by atoms with Crippen molar-refractivity contribution < 1.29 is 9.53 Å². The topological polar surface area (TPSA) is 50.7 Å². The molecule has 120 valence electrons. The number of fused-ring (bicyclic) bond motifs is 1. The lowest BCUT2D eigenvalue weighted by atomic mass is 10.1. The lowest BCUT2D eigenvalue weighted by molar-refractivity contribution is -0.123. The fraction of sp³-hybridized carbons (Fsp3) is 0.100. The number of ether oxygens (including phenoxy) is 1. The minimum atomic E-state index is -0.293. The van der Waals surface area contributed by atoms with Crippen molar-refractivity contribution in [3.8, 4) is 5.75 Å². The van der Waals surface area contributed by atoms with E-state index in [1.165, 1.54) is 0 Å². The quantitative estimate of drug-likeness (QED) is 0.575. The lowest BCUT2D eigenvalue weighted by Crippen LogP contribution is -2.25. The molecule has 0 spiro atoms. The molecule has 0 aliphatic heterocycles. The molecule has 0 aliphatic carbocycles. The van der Waals surface area contributed by atoms with Crippen LogP contribution in [0.1, 0.15) is 12.5 Å². The number of carbonyl (C=O) groups is 1. The summed E-state index contributed by atoms with van der Waals surface area (Å²) in [5, 5.41) is 6.31. The minimum Gasteiger partial charge on any atom is -0.484 e. The molecular weight excluding hydrogens is 300 g/mol. The Bertz CT molecular complexity index is 873. The van der Waals surface area contributed by atoms with Crippen LogP contribution in [0.4, 0.5) is 0 Å². The zero-order valence-electron chi connectivity index (χ0n) is 13.4. The smallest absolute Gasteiger partial charge is 0.277 e. The molecular formula is C20H18N2O2. The molecule has 3 rings (SSSR count). The summed E-state index contributed by atoms with van der Waals surface area (Å²) in [4.78, 5) is 11.9. The van der Waals surface area contributed by atoms with E-state index >= 15 is 0 Å². The van der Waals surface area contributed by atoms with Gasteiger partial charge in [-0.05, 0) is 35.4 Å². The second-order valence-electron chi connectivity index (χ2n) is 5.40. The number of nitrogens with zero attached hydrogens (tertiary/aromatic N) is 1. The monoisotopic (exact) mass is 318 g/mol. The molecule has 3 aromatic rings. The number of carbonyl (C=O) groups excluding carboxylic acids is 1. The van der Waals surface area contributed by atoms with Crippen LogP contribution in [0.25, 0.3) is 10.8 Å². The first-order chi connectivity index (χ1) is 11.7. The molecule has 0 bridgehead atoms. The van der Waals surface area contributed by atoms with Gasteiger partial charge in [-0.25, -0.2) is 5.43 Å². The first-order valence-electron chi connectivity index (χ1n) is 7.72. The van der Waals surface area contributed by atoms with E-state index in [-0.39, 0.29) is 12.5 Å². The summed E-state index contributed by atoms with van der Waals surface area (Å²) in [6, 6.07) is 23.4. The largest absolute Gasteiger partial charge is 0.484 e.